The van der Waals surface area contributed by atoms with E-state index in [1.54, 1.807) is 4.90 Å². The number of hydrogen-bond donors (Lipinski definition) is 1. The molecule has 9 heteroatoms. The van der Waals surface area contributed by atoms with E-state index in [0.717, 1.165) is 55.2 Å². The van der Waals surface area contributed by atoms with E-state index in [0.29, 0.717) is 30.5 Å². The SMILES string of the molecule is Cc1ccnc(C2CN([C@H]3CCCC[C@@H]3Oc3ccc4c(c3)CN(C3CCC(=O)NC3=O)C4=O)C2)n1. The Kier molecular flexibility index (Phi) is 5.95. The van der Waals surface area contributed by atoms with Crippen molar-refractivity contribution in [2.24, 2.45) is 0 Å². The molecule has 3 fully saturated rings. The van der Waals surface area contributed by atoms with Crippen LogP contribution in [0.3, 0.4) is 0 Å². The molecule has 188 valence electrons. The minimum Gasteiger partial charge on any atom is -0.489 e. The van der Waals surface area contributed by atoms with Gasteiger partial charge in [-0.2, -0.15) is 0 Å². The predicted octanol–water partition coefficient (Wildman–Crippen LogP) is 2.34. The number of carbonyl (C=O) groups excluding carboxylic acids is 3. The van der Waals surface area contributed by atoms with Crippen LogP contribution in [0.2, 0.25) is 0 Å². The Morgan fingerprint density at radius 1 is 1.06 bits per heavy atom. The van der Waals surface area contributed by atoms with Crippen molar-refractivity contribution in [3.63, 3.8) is 0 Å². The lowest BCUT2D eigenvalue weighted by molar-refractivity contribution is -0.136. The molecular formula is C27H31N5O4. The molecule has 1 unspecified atom stereocenters. The van der Waals surface area contributed by atoms with E-state index in [-0.39, 0.29) is 24.3 Å². The molecule has 0 radical (unpaired) electrons. The van der Waals surface area contributed by atoms with Crippen LogP contribution in [-0.2, 0) is 16.1 Å². The normalized spacial score (nSPS) is 27.0. The van der Waals surface area contributed by atoms with Gasteiger partial charge in [0.05, 0.1) is 0 Å². The summed E-state index contributed by atoms with van der Waals surface area (Å²) in [6, 6.07) is 7.31. The molecule has 9 nitrogen and oxygen atoms in total. The maximum absolute atomic E-state index is 13.0. The molecule has 3 aliphatic heterocycles. The van der Waals surface area contributed by atoms with Crippen molar-refractivity contribution in [1.29, 1.82) is 0 Å². The Hall–Kier alpha value is -3.33. The Bertz CT molecular complexity index is 1210. The zero-order valence-corrected chi connectivity index (χ0v) is 20.5. The molecule has 4 aliphatic rings. The van der Waals surface area contributed by atoms with Crippen LogP contribution in [-0.4, -0.2) is 68.8 Å². The first kappa shape index (κ1) is 23.1. The van der Waals surface area contributed by atoms with Crippen LogP contribution in [0, 0.1) is 6.92 Å². The third-order valence-corrected chi connectivity index (χ3v) is 8.01. The number of piperidine rings is 1. The monoisotopic (exact) mass is 489 g/mol. The Labute approximate surface area is 210 Å². The second kappa shape index (κ2) is 9.28. The van der Waals surface area contributed by atoms with Gasteiger partial charge in [-0.05, 0) is 62.4 Å². The van der Waals surface area contributed by atoms with Crippen LogP contribution in [0.4, 0.5) is 0 Å². The molecule has 1 N–H and O–H groups in total. The van der Waals surface area contributed by atoms with Gasteiger partial charge >= 0.3 is 0 Å². The first-order valence-corrected chi connectivity index (χ1v) is 12.9. The smallest absolute Gasteiger partial charge is 0.255 e. The van der Waals surface area contributed by atoms with E-state index in [2.05, 4.69) is 20.2 Å². The molecule has 3 amide bonds. The number of benzene rings is 1. The van der Waals surface area contributed by atoms with Gasteiger partial charge in [0.25, 0.3) is 5.91 Å². The quantitative estimate of drug-likeness (QED) is 0.643. The van der Waals surface area contributed by atoms with Gasteiger partial charge in [-0.15, -0.1) is 0 Å². The molecule has 0 bridgehead atoms. The molecule has 3 atom stereocenters. The van der Waals surface area contributed by atoms with Crippen LogP contribution < -0.4 is 10.1 Å². The molecule has 2 aromatic rings. The second-order valence-electron chi connectivity index (χ2n) is 10.4. The van der Waals surface area contributed by atoms with Gasteiger partial charge in [0.15, 0.2) is 0 Å². The third-order valence-electron chi connectivity index (χ3n) is 8.01. The van der Waals surface area contributed by atoms with Crippen LogP contribution in [0.1, 0.15) is 71.9 Å². The number of ether oxygens (including phenoxy) is 1. The highest BCUT2D eigenvalue weighted by Crippen LogP contribution is 2.36. The van der Waals surface area contributed by atoms with Gasteiger partial charge in [0, 0.05) is 55.5 Å². The molecule has 2 saturated heterocycles. The number of hydrogen-bond acceptors (Lipinski definition) is 7. The highest BCUT2D eigenvalue weighted by molar-refractivity contribution is 6.05. The van der Waals surface area contributed by atoms with Crippen molar-refractivity contribution in [3.8, 4) is 5.75 Å². The van der Waals surface area contributed by atoms with Crippen LogP contribution in [0.25, 0.3) is 0 Å². The average Bonchev–Trinajstić information content (AvgIpc) is 3.15. The summed E-state index contributed by atoms with van der Waals surface area (Å²) in [6.45, 7) is 4.26. The summed E-state index contributed by atoms with van der Waals surface area (Å²) >= 11 is 0. The summed E-state index contributed by atoms with van der Waals surface area (Å²) in [6.07, 6.45) is 7.01. The number of nitrogens with one attached hydrogen (secondary N) is 1. The topological polar surface area (TPSA) is 105 Å². The minimum atomic E-state index is -0.605. The van der Waals surface area contributed by atoms with Crippen molar-refractivity contribution in [1.82, 2.24) is 25.1 Å². The van der Waals surface area contributed by atoms with Crippen molar-refractivity contribution in [3.05, 3.63) is 53.1 Å². The number of nitrogens with zero attached hydrogens (tertiary/aromatic N) is 4. The average molecular weight is 490 g/mol. The highest BCUT2D eigenvalue weighted by Gasteiger charge is 2.41. The maximum Gasteiger partial charge on any atom is 0.255 e. The minimum absolute atomic E-state index is 0.0968. The predicted molar refractivity (Wildman–Crippen MR) is 130 cm³/mol. The Balaban J connectivity index is 1.12. The highest BCUT2D eigenvalue weighted by atomic mass is 16.5. The number of aryl methyl sites for hydroxylation is 1. The van der Waals surface area contributed by atoms with Crippen molar-refractivity contribution in [2.45, 2.75) is 76.1 Å². The van der Waals surface area contributed by atoms with Crippen molar-refractivity contribution in [2.75, 3.05) is 13.1 Å². The number of fused-ring (bicyclic) bond motifs is 1. The van der Waals surface area contributed by atoms with Crippen LogP contribution >= 0.6 is 0 Å². The Morgan fingerprint density at radius 3 is 2.69 bits per heavy atom. The van der Waals surface area contributed by atoms with Gasteiger partial charge in [0.1, 0.15) is 23.7 Å². The Morgan fingerprint density at radius 2 is 1.89 bits per heavy atom. The first-order chi connectivity index (χ1) is 17.5. The second-order valence-corrected chi connectivity index (χ2v) is 10.4. The molecule has 0 spiro atoms. The fraction of sp³-hybridized carbons (Fsp3) is 0.519. The summed E-state index contributed by atoms with van der Waals surface area (Å²) in [5.74, 6) is 1.24. The number of aromatic nitrogens is 2. The first-order valence-electron chi connectivity index (χ1n) is 12.9. The van der Waals surface area contributed by atoms with E-state index in [1.165, 1.54) is 6.42 Å². The molecule has 4 heterocycles. The summed E-state index contributed by atoms with van der Waals surface area (Å²) in [5.41, 5.74) is 2.48. The molecule has 1 aliphatic carbocycles. The molecular weight excluding hydrogens is 458 g/mol. The summed E-state index contributed by atoms with van der Waals surface area (Å²) in [7, 11) is 0. The fourth-order valence-electron chi connectivity index (χ4n) is 6.04. The van der Waals surface area contributed by atoms with E-state index in [9.17, 15) is 14.4 Å². The van der Waals surface area contributed by atoms with Gasteiger partial charge in [-0.3, -0.25) is 24.6 Å². The fourth-order valence-corrected chi connectivity index (χ4v) is 6.04. The molecule has 1 saturated carbocycles. The molecule has 1 aromatic carbocycles. The van der Waals surface area contributed by atoms with E-state index >= 15 is 0 Å². The number of carbonyl (C=O) groups is 3. The van der Waals surface area contributed by atoms with Gasteiger partial charge < -0.3 is 9.64 Å². The van der Waals surface area contributed by atoms with E-state index in [4.69, 9.17) is 4.74 Å². The number of rotatable bonds is 5. The summed E-state index contributed by atoms with van der Waals surface area (Å²) in [5, 5.41) is 2.35. The van der Waals surface area contributed by atoms with E-state index < -0.39 is 11.9 Å². The number of likely N-dealkylation sites (tertiary alicyclic amines) is 1. The standard InChI is InChI=1S/C27H31N5O4/c1-16-10-11-28-25(29-16)18-13-31(14-18)21-4-2-3-5-23(21)36-19-6-7-20-17(12-19)15-32(27(20)35)22-8-9-24(33)30-26(22)34/h6-7,10-12,18,21-23H,2-5,8-9,13-15H2,1H3,(H,30,33,34)/t21-,22?,23-/m0/s1. The summed E-state index contributed by atoms with van der Waals surface area (Å²) < 4.78 is 6.53. The zero-order chi connectivity index (χ0) is 24.8. The van der Waals surface area contributed by atoms with E-state index in [1.807, 2.05) is 37.4 Å². The lowest BCUT2D eigenvalue weighted by Crippen LogP contribution is -2.57. The summed E-state index contributed by atoms with van der Waals surface area (Å²) in [4.78, 5) is 50.0. The van der Waals surface area contributed by atoms with Crippen molar-refractivity contribution >= 4 is 17.7 Å². The number of imide groups is 1. The molecule has 36 heavy (non-hydrogen) atoms. The third kappa shape index (κ3) is 4.25. The van der Waals surface area contributed by atoms with Crippen molar-refractivity contribution < 1.29 is 19.1 Å². The van der Waals surface area contributed by atoms with Gasteiger partial charge in [-0.25, -0.2) is 9.97 Å². The largest absolute Gasteiger partial charge is 0.489 e. The lowest BCUT2D eigenvalue weighted by atomic mass is 9.86. The molecule has 6 rings (SSSR count). The maximum atomic E-state index is 13.0. The lowest BCUT2D eigenvalue weighted by Gasteiger charge is -2.47. The van der Waals surface area contributed by atoms with Crippen LogP contribution in [0.5, 0.6) is 5.75 Å². The van der Waals surface area contributed by atoms with Crippen LogP contribution in [0.15, 0.2) is 30.5 Å². The number of amides is 3. The zero-order valence-electron chi connectivity index (χ0n) is 20.5. The van der Waals surface area contributed by atoms with Gasteiger partial charge in [0.2, 0.25) is 11.8 Å². The van der Waals surface area contributed by atoms with Gasteiger partial charge in [-0.1, -0.05) is 6.42 Å². The molecule has 1 aromatic heterocycles.